The van der Waals surface area contributed by atoms with Crippen LogP contribution in [0.15, 0.2) is 0 Å². The lowest BCUT2D eigenvalue weighted by atomic mass is 9.67. The van der Waals surface area contributed by atoms with Gasteiger partial charge in [-0.25, -0.2) is 0 Å². The molecule has 0 spiro atoms. The van der Waals surface area contributed by atoms with Crippen molar-refractivity contribution in [2.75, 3.05) is 19.6 Å². The van der Waals surface area contributed by atoms with Gasteiger partial charge in [0.1, 0.15) is 0 Å². The molecule has 116 valence electrons. The molecule has 3 aliphatic rings. The van der Waals surface area contributed by atoms with Gasteiger partial charge in [-0.3, -0.25) is 4.79 Å². The molecule has 20 heavy (non-hydrogen) atoms. The maximum Gasteiger partial charge on any atom is 0.227 e. The predicted molar refractivity (Wildman–Crippen MR) is 84.1 cm³/mol. The molecular weight excluding hydrogens is 272 g/mol. The van der Waals surface area contributed by atoms with Crippen LogP contribution in [0.5, 0.6) is 0 Å². The van der Waals surface area contributed by atoms with Gasteiger partial charge in [0.2, 0.25) is 5.91 Å². The minimum Gasteiger partial charge on any atom is -0.355 e. The minimum absolute atomic E-state index is 0. The fraction of sp³-hybridized carbons (Fsp3) is 0.938. The number of hydrogen-bond donors (Lipinski definition) is 2. The first-order valence-electron chi connectivity index (χ1n) is 8.14. The van der Waals surface area contributed by atoms with Crippen molar-refractivity contribution in [2.45, 2.75) is 58.3 Å². The molecule has 1 amide bonds. The Balaban J connectivity index is 0.00000147. The standard InChI is InChI=1S/C16H28N2O.ClH/c1-15(7-4-5-8-15)11-18-14(19)16-9-3-2-6-13(16)10-17-12-16;/h13,17H,2-12H2,1H3,(H,18,19);1H/t13-,16+;/m0./s1. The van der Waals surface area contributed by atoms with E-state index in [9.17, 15) is 4.79 Å². The summed E-state index contributed by atoms with van der Waals surface area (Å²) in [5.41, 5.74) is 0.287. The Kier molecular flexibility index (Phi) is 5.01. The third kappa shape index (κ3) is 2.85. The highest BCUT2D eigenvalue weighted by atomic mass is 35.5. The molecule has 2 aliphatic carbocycles. The number of nitrogens with one attached hydrogen (secondary N) is 2. The molecule has 2 saturated carbocycles. The van der Waals surface area contributed by atoms with Crippen LogP contribution in [0.3, 0.4) is 0 Å². The molecule has 3 fully saturated rings. The Morgan fingerprint density at radius 2 is 1.90 bits per heavy atom. The van der Waals surface area contributed by atoms with Gasteiger partial charge in [0.25, 0.3) is 0 Å². The van der Waals surface area contributed by atoms with Crippen molar-refractivity contribution < 1.29 is 4.79 Å². The highest BCUT2D eigenvalue weighted by Crippen LogP contribution is 2.44. The summed E-state index contributed by atoms with van der Waals surface area (Å²) in [7, 11) is 0. The number of carbonyl (C=O) groups is 1. The smallest absolute Gasteiger partial charge is 0.227 e. The maximum atomic E-state index is 12.7. The van der Waals surface area contributed by atoms with Gasteiger partial charge >= 0.3 is 0 Å². The molecule has 4 heteroatoms. The number of carbonyl (C=O) groups excluding carboxylic acids is 1. The largest absolute Gasteiger partial charge is 0.355 e. The summed E-state index contributed by atoms with van der Waals surface area (Å²) >= 11 is 0. The van der Waals surface area contributed by atoms with E-state index in [4.69, 9.17) is 0 Å². The highest BCUT2D eigenvalue weighted by Gasteiger charge is 2.50. The van der Waals surface area contributed by atoms with Crippen molar-refractivity contribution in [3.8, 4) is 0 Å². The Bertz CT molecular complexity index is 354. The quantitative estimate of drug-likeness (QED) is 0.841. The molecule has 0 radical (unpaired) electrons. The second-order valence-electron chi connectivity index (χ2n) is 7.43. The predicted octanol–water partition coefficient (Wildman–Crippen LogP) is 2.88. The average Bonchev–Trinajstić information content (AvgIpc) is 3.03. The number of halogens is 1. The van der Waals surface area contributed by atoms with Gasteiger partial charge in [-0.2, -0.15) is 0 Å². The highest BCUT2D eigenvalue weighted by molar-refractivity contribution is 5.85. The van der Waals surface area contributed by atoms with Crippen LogP contribution in [0.1, 0.15) is 58.3 Å². The first-order chi connectivity index (χ1) is 9.15. The van der Waals surface area contributed by atoms with Gasteiger partial charge in [-0.1, -0.05) is 32.6 Å². The molecule has 0 aromatic rings. The van der Waals surface area contributed by atoms with E-state index < -0.39 is 0 Å². The summed E-state index contributed by atoms with van der Waals surface area (Å²) in [6.45, 7) is 5.18. The van der Waals surface area contributed by atoms with Crippen LogP contribution in [-0.4, -0.2) is 25.5 Å². The zero-order chi connectivity index (χ0) is 13.3. The second-order valence-corrected chi connectivity index (χ2v) is 7.43. The lowest BCUT2D eigenvalue weighted by molar-refractivity contribution is -0.134. The van der Waals surface area contributed by atoms with E-state index in [1.54, 1.807) is 0 Å². The van der Waals surface area contributed by atoms with E-state index in [0.29, 0.717) is 17.2 Å². The lowest BCUT2D eigenvalue weighted by Crippen LogP contribution is -2.49. The van der Waals surface area contributed by atoms with Crippen molar-refractivity contribution in [1.82, 2.24) is 10.6 Å². The number of fused-ring (bicyclic) bond motifs is 1. The van der Waals surface area contributed by atoms with Crippen LogP contribution in [0.25, 0.3) is 0 Å². The summed E-state index contributed by atoms with van der Waals surface area (Å²) in [5.74, 6) is 0.924. The first-order valence-corrected chi connectivity index (χ1v) is 8.14. The summed E-state index contributed by atoms with van der Waals surface area (Å²) < 4.78 is 0. The van der Waals surface area contributed by atoms with Gasteiger partial charge in [0.15, 0.2) is 0 Å². The Morgan fingerprint density at radius 3 is 2.65 bits per heavy atom. The lowest BCUT2D eigenvalue weighted by Gasteiger charge is -2.38. The molecule has 1 heterocycles. The fourth-order valence-corrected chi connectivity index (χ4v) is 4.57. The third-order valence-corrected chi connectivity index (χ3v) is 5.98. The molecule has 3 nitrogen and oxygen atoms in total. The zero-order valence-electron chi connectivity index (χ0n) is 12.7. The average molecular weight is 301 g/mol. The molecule has 1 aliphatic heterocycles. The molecule has 2 N–H and O–H groups in total. The van der Waals surface area contributed by atoms with E-state index in [0.717, 1.165) is 26.1 Å². The topological polar surface area (TPSA) is 41.1 Å². The van der Waals surface area contributed by atoms with E-state index in [1.165, 1.54) is 44.9 Å². The summed E-state index contributed by atoms with van der Waals surface area (Å²) in [5, 5.41) is 6.78. The molecule has 1 saturated heterocycles. The Morgan fingerprint density at radius 1 is 1.20 bits per heavy atom. The van der Waals surface area contributed by atoms with Crippen LogP contribution in [0.4, 0.5) is 0 Å². The maximum absolute atomic E-state index is 12.7. The summed E-state index contributed by atoms with van der Waals surface area (Å²) in [6.07, 6.45) is 10.1. The molecule has 0 bridgehead atoms. The van der Waals surface area contributed by atoms with Crippen molar-refractivity contribution >= 4 is 18.3 Å². The van der Waals surface area contributed by atoms with Crippen LogP contribution in [0, 0.1) is 16.7 Å². The Hall–Kier alpha value is -0.280. The zero-order valence-corrected chi connectivity index (χ0v) is 13.5. The van der Waals surface area contributed by atoms with E-state index in [-0.39, 0.29) is 17.8 Å². The van der Waals surface area contributed by atoms with Gasteiger partial charge < -0.3 is 10.6 Å². The number of hydrogen-bond acceptors (Lipinski definition) is 2. The first kappa shape index (κ1) is 16.1. The van der Waals surface area contributed by atoms with E-state index in [2.05, 4.69) is 17.6 Å². The van der Waals surface area contributed by atoms with Gasteiger partial charge in [0, 0.05) is 13.1 Å². The van der Waals surface area contributed by atoms with Crippen molar-refractivity contribution in [2.24, 2.45) is 16.7 Å². The fourth-order valence-electron chi connectivity index (χ4n) is 4.57. The monoisotopic (exact) mass is 300 g/mol. The van der Waals surface area contributed by atoms with Gasteiger partial charge in [-0.05, 0) is 43.6 Å². The summed E-state index contributed by atoms with van der Waals surface area (Å²) in [4.78, 5) is 12.7. The van der Waals surface area contributed by atoms with E-state index >= 15 is 0 Å². The van der Waals surface area contributed by atoms with E-state index in [1.807, 2.05) is 0 Å². The van der Waals surface area contributed by atoms with Crippen molar-refractivity contribution in [3.63, 3.8) is 0 Å². The second kappa shape index (κ2) is 6.23. The number of amides is 1. The summed E-state index contributed by atoms with van der Waals surface area (Å²) in [6, 6.07) is 0. The van der Waals surface area contributed by atoms with Gasteiger partial charge in [-0.15, -0.1) is 12.4 Å². The minimum atomic E-state index is -0.0762. The Labute approximate surface area is 129 Å². The van der Waals surface area contributed by atoms with Crippen LogP contribution >= 0.6 is 12.4 Å². The molecule has 0 aromatic carbocycles. The van der Waals surface area contributed by atoms with Crippen molar-refractivity contribution in [3.05, 3.63) is 0 Å². The molecule has 3 rings (SSSR count). The van der Waals surface area contributed by atoms with Crippen molar-refractivity contribution in [1.29, 1.82) is 0 Å². The van der Waals surface area contributed by atoms with Crippen LogP contribution in [0.2, 0.25) is 0 Å². The van der Waals surface area contributed by atoms with Gasteiger partial charge in [0.05, 0.1) is 5.41 Å². The molecule has 0 unspecified atom stereocenters. The van der Waals surface area contributed by atoms with Crippen LogP contribution in [-0.2, 0) is 4.79 Å². The number of rotatable bonds is 3. The SMILES string of the molecule is CC1(CNC(=O)[C@@]23CCCC[C@H]2CNC3)CCCC1.Cl. The molecule has 0 aromatic heterocycles. The third-order valence-electron chi connectivity index (χ3n) is 5.98. The molecular formula is C16H29ClN2O. The molecule has 2 atom stereocenters. The normalized spacial score (nSPS) is 35.1. The van der Waals surface area contributed by atoms with Crippen LogP contribution < -0.4 is 10.6 Å².